The summed E-state index contributed by atoms with van der Waals surface area (Å²) < 4.78 is 6.23. The first-order chi connectivity index (χ1) is 12.5. The van der Waals surface area contributed by atoms with Gasteiger partial charge in [-0.3, -0.25) is 14.9 Å². The zero-order valence-corrected chi connectivity index (χ0v) is 14.6. The first kappa shape index (κ1) is 17.4. The number of anilines is 2. The topological polar surface area (TPSA) is 104 Å². The lowest BCUT2D eigenvalue weighted by molar-refractivity contribution is -0.118. The minimum Gasteiger partial charge on any atom is -0.482 e. The molecule has 2 N–H and O–H groups in total. The molecule has 0 aliphatic rings. The van der Waals surface area contributed by atoms with E-state index in [4.69, 9.17) is 10.00 Å². The van der Waals surface area contributed by atoms with E-state index in [1.807, 2.05) is 6.07 Å². The summed E-state index contributed by atoms with van der Waals surface area (Å²) in [6.07, 6.45) is 0. The fraction of sp³-hybridized carbons (Fsp3) is 0.111. The Morgan fingerprint density at radius 3 is 2.81 bits per heavy atom. The molecule has 2 amide bonds. The van der Waals surface area contributed by atoms with E-state index in [0.717, 1.165) is 10.2 Å². The lowest BCUT2D eigenvalue weighted by Crippen LogP contribution is -2.20. The van der Waals surface area contributed by atoms with E-state index in [2.05, 4.69) is 15.6 Å². The highest BCUT2D eigenvalue weighted by Gasteiger charge is 2.10. The van der Waals surface area contributed by atoms with Crippen molar-refractivity contribution in [2.24, 2.45) is 0 Å². The molecule has 26 heavy (non-hydrogen) atoms. The van der Waals surface area contributed by atoms with Crippen LogP contribution in [0.1, 0.15) is 12.5 Å². The maximum absolute atomic E-state index is 12.1. The summed E-state index contributed by atoms with van der Waals surface area (Å²) in [4.78, 5) is 27.5. The number of hydrogen-bond donors (Lipinski definition) is 2. The molecular formula is C18H14N4O3S. The fourth-order valence-corrected chi connectivity index (χ4v) is 3.16. The molecule has 8 heteroatoms. The van der Waals surface area contributed by atoms with Crippen molar-refractivity contribution in [3.05, 3.63) is 48.0 Å². The molecule has 1 heterocycles. The second-order valence-corrected chi connectivity index (χ2v) is 6.36. The predicted molar refractivity (Wildman–Crippen MR) is 99.2 cm³/mol. The molecule has 1 aromatic heterocycles. The number of carbonyl (C=O) groups excluding carboxylic acids is 2. The smallest absolute Gasteiger partial charge is 0.264 e. The molecule has 0 atom stereocenters. The third-order valence-corrected chi connectivity index (χ3v) is 4.26. The molecular weight excluding hydrogens is 352 g/mol. The second kappa shape index (κ2) is 7.63. The highest BCUT2D eigenvalue weighted by molar-refractivity contribution is 7.22. The van der Waals surface area contributed by atoms with Crippen LogP contribution in [-0.4, -0.2) is 23.4 Å². The Bertz CT molecular complexity index is 1020. The Hall–Kier alpha value is -3.44. The van der Waals surface area contributed by atoms with Gasteiger partial charge in [-0.15, -0.1) is 0 Å². The van der Waals surface area contributed by atoms with Crippen LogP contribution in [0.4, 0.5) is 10.8 Å². The Balaban J connectivity index is 1.65. The van der Waals surface area contributed by atoms with Gasteiger partial charge in [-0.1, -0.05) is 23.5 Å². The second-order valence-electron chi connectivity index (χ2n) is 5.33. The summed E-state index contributed by atoms with van der Waals surface area (Å²) in [5, 5.41) is 14.8. The number of carbonyl (C=O) groups is 2. The van der Waals surface area contributed by atoms with Crippen molar-refractivity contribution >= 4 is 44.2 Å². The third-order valence-electron chi connectivity index (χ3n) is 3.32. The van der Waals surface area contributed by atoms with Gasteiger partial charge in [0.25, 0.3) is 5.91 Å². The number of fused-ring (bicyclic) bond motifs is 1. The number of hydrogen-bond acceptors (Lipinski definition) is 6. The van der Waals surface area contributed by atoms with E-state index in [1.165, 1.54) is 18.3 Å². The van der Waals surface area contributed by atoms with Crippen molar-refractivity contribution in [3.8, 4) is 11.8 Å². The molecule has 0 saturated carbocycles. The fourth-order valence-electron chi connectivity index (χ4n) is 2.24. The molecule has 130 valence electrons. The zero-order valence-electron chi connectivity index (χ0n) is 13.8. The largest absolute Gasteiger partial charge is 0.482 e. The van der Waals surface area contributed by atoms with Crippen LogP contribution in [0.15, 0.2) is 42.5 Å². The van der Waals surface area contributed by atoms with E-state index in [9.17, 15) is 9.59 Å². The van der Waals surface area contributed by atoms with Gasteiger partial charge in [0, 0.05) is 12.6 Å². The van der Waals surface area contributed by atoms with E-state index < -0.39 is 0 Å². The van der Waals surface area contributed by atoms with Gasteiger partial charge in [0.2, 0.25) is 5.91 Å². The number of benzene rings is 2. The van der Waals surface area contributed by atoms with E-state index >= 15 is 0 Å². The van der Waals surface area contributed by atoms with Gasteiger partial charge < -0.3 is 10.1 Å². The van der Waals surface area contributed by atoms with Gasteiger partial charge in [-0.2, -0.15) is 5.26 Å². The van der Waals surface area contributed by atoms with Gasteiger partial charge in [0.05, 0.1) is 15.8 Å². The lowest BCUT2D eigenvalue weighted by Gasteiger charge is -2.06. The van der Waals surface area contributed by atoms with Crippen molar-refractivity contribution in [1.29, 1.82) is 5.26 Å². The summed E-state index contributed by atoms with van der Waals surface area (Å²) in [7, 11) is 0. The first-order valence-electron chi connectivity index (χ1n) is 7.65. The van der Waals surface area contributed by atoms with Crippen LogP contribution in [0, 0.1) is 11.3 Å². The number of amides is 2. The number of nitrogens with one attached hydrogen (secondary N) is 2. The van der Waals surface area contributed by atoms with Crippen molar-refractivity contribution < 1.29 is 14.3 Å². The highest BCUT2D eigenvalue weighted by Crippen LogP contribution is 2.28. The maximum Gasteiger partial charge on any atom is 0.264 e. The number of nitrogens with zero attached hydrogens (tertiary/aromatic N) is 2. The molecule has 0 spiro atoms. The minimum absolute atomic E-state index is 0.155. The summed E-state index contributed by atoms with van der Waals surface area (Å²) in [6.45, 7) is 1.21. The average molecular weight is 366 g/mol. The standard InChI is InChI=1S/C18H14N4O3S/c1-11(23)20-13-6-7-14-16(8-13)26-18(21-14)22-17(24)10-25-15-5-3-2-4-12(15)9-19/h2-8H,10H2,1H3,(H,20,23)(H,21,22,24). The molecule has 0 radical (unpaired) electrons. The van der Waals surface area contributed by atoms with Gasteiger partial charge in [-0.05, 0) is 30.3 Å². The Morgan fingerprint density at radius 2 is 2.04 bits per heavy atom. The van der Waals surface area contributed by atoms with Crippen molar-refractivity contribution in [3.63, 3.8) is 0 Å². The molecule has 0 unspecified atom stereocenters. The third kappa shape index (κ3) is 4.15. The summed E-state index contributed by atoms with van der Waals surface area (Å²) in [5.41, 5.74) is 1.75. The number of para-hydroxylation sites is 1. The molecule has 2 aromatic carbocycles. The van der Waals surface area contributed by atoms with Crippen molar-refractivity contribution in [2.45, 2.75) is 6.92 Å². The molecule has 0 fully saturated rings. The normalized spacial score (nSPS) is 10.2. The first-order valence-corrected chi connectivity index (χ1v) is 8.47. The summed E-state index contributed by atoms with van der Waals surface area (Å²) >= 11 is 1.29. The SMILES string of the molecule is CC(=O)Nc1ccc2nc(NC(=O)COc3ccccc3C#N)sc2c1. The molecule has 3 aromatic rings. The van der Waals surface area contributed by atoms with Crippen LogP contribution in [0.5, 0.6) is 5.75 Å². The zero-order chi connectivity index (χ0) is 18.5. The predicted octanol–water partition coefficient (Wildman–Crippen LogP) is 3.14. The van der Waals surface area contributed by atoms with Gasteiger partial charge >= 0.3 is 0 Å². The molecule has 7 nitrogen and oxygen atoms in total. The average Bonchev–Trinajstić information content (AvgIpc) is 3.01. The Labute approximate surface area is 153 Å². The highest BCUT2D eigenvalue weighted by atomic mass is 32.1. The van der Waals surface area contributed by atoms with Crippen LogP contribution in [0.2, 0.25) is 0 Å². The van der Waals surface area contributed by atoms with Gasteiger partial charge in [0.1, 0.15) is 11.8 Å². The number of ether oxygens (including phenoxy) is 1. The number of nitriles is 1. The van der Waals surface area contributed by atoms with Crippen molar-refractivity contribution in [2.75, 3.05) is 17.2 Å². The van der Waals surface area contributed by atoms with Crippen LogP contribution in [0.25, 0.3) is 10.2 Å². The van der Waals surface area contributed by atoms with Crippen LogP contribution >= 0.6 is 11.3 Å². The Morgan fingerprint density at radius 1 is 1.23 bits per heavy atom. The molecule has 0 saturated heterocycles. The number of aromatic nitrogens is 1. The molecule has 3 rings (SSSR count). The van der Waals surface area contributed by atoms with Crippen LogP contribution in [-0.2, 0) is 9.59 Å². The van der Waals surface area contributed by atoms with Crippen LogP contribution < -0.4 is 15.4 Å². The molecule has 0 aliphatic heterocycles. The van der Waals surface area contributed by atoms with Crippen molar-refractivity contribution in [1.82, 2.24) is 4.98 Å². The lowest BCUT2D eigenvalue weighted by atomic mass is 10.2. The Kier molecular flexibility index (Phi) is 5.10. The van der Waals surface area contributed by atoms with E-state index in [0.29, 0.717) is 22.1 Å². The van der Waals surface area contributed by atoms with E-state index in [1.54, 1.807) is 42.5 Å². The number of thiazole rings is 1. The quantitative estimate of drug-likeness (QED) is 0.722. The van der Waals surface area contributed by atoms with Crippen LogP contribution in [0.3, 0.4) is 0 Å². The monoisotopic (exact) mass is 366 g/mol. The maximum atomic E-state index is 12.1. The number of rotatable bonds is 5. The summed E-state index contributed by atoms with van der Waals surface area (Å²) in [6, 6.07) is 14.0. The van der Waals surface area contributed by atoms with E-state index in [-0.39, 0.29) is 18.4 Å². The molecule has 0 aliphatic carbocycles. The van der Waals surface area contributed by atoms with Gasteiger partial charge in [-0.25, -0.2) is 4.98 Å². The van der Waals surface area contributed by atoms with Gasteiger partial charge in [0.15, 0.2) is 11.7 Å². The molecule has 0 bridgehead atoms. The summed E-state index contributed by atoms with van der Waals surface area (Å²) in [5.74, 6) is -0.175. The minimum atomic E-state index is -0.376.